The molecule has 2 aliphatic rings. The maximum absolute atomic E-state index is 3.53. The van der Waals surface area contributed by atoms with Gasteiger partial charge in [-0.25, -0.2) is 0 Å². The minimum atomic E-state index is 0.725. The normalized spacial score (nSPS) is 39.5. The topological polar surface area (TPSA) is 18.5 Å². The molecular formula is C9H19N3. The van der Waals surface area contributed by atoms with Crippen molar-refractivity contribution in [3.8, 4) is 0 Å². The Labute approximate surface area is 74.7 Å². The van der Waals surface area contributed by atoms with Gasteiger partial charge in [-0.1, -0.05) is 0 Å². The molecule has 12 heavy (non-hydrogen) atoms. The molecular weight excluding hydrogens is 150 g/mol. The molecule has 0 aliphatic carbocycles. The molecule has 3 heteroatoms. The second kappa shape index (κ2) is 3.32. The van der Waals surface area contributed by atoms with Gasteiger partial charge in [0.1, 0.15) is 0 Å². The quantitative estimate of drug-likeness (QED) is 0.525. The molecule has 2 atom stereocenters. The summed E-state index contributed by atoms with van der Waals surface area (Å²) >= 11 is 0. The Morgan fingerprint density at radius 2 is 1.92 bits per heavy atom. The van der Waals surface area contributed by atoms with E-state index in [2.05, 4.69) is 29.2 Å². The van der Waals surface area contributed by atoms with Gasteiger partial charge in [0, 0.05) is 38.8 Å². The van der Waals surface area contributed by atoms with Crippen molar-refractivity contribution in [1.82, 2.24) is 15.1 Å². The molecule has 0 amide bonds. The molecule has 2 fully saturated rings. The number of nitrogens with one attached hydrogen (secondary N) is 1. The van der Waals surface area contributed by atoms with Gasteiger partial charge in [0.15, 0.2) is 0 Å². The van der Waals surface area contributed by atoms with E-state index in [1.54, 1.807) is 0 Å². The van der Waals surface area contributed by atoms with E-state index in [9.17, 15) is 0 Å². The number of nitrogens with zero attached hydrogens (tertiary/aromatic N) is 2. The predicted octanol–water partition coefficient (Wildman–Crippen LogP) is -0.548. The van der Waals surface area contributed by atoms with Crippen molar-refractivity contribution < 1.29 is 0 Å². The van der Waals surface area contributed by atoms with E-state index in [0.29, 0.717) is 0 Å². The van der Waals surface area contributed by atoms with E-state index >= 15 is 0 Å². The molecule has 0 aromatic heterocycles. The molecule has 70 valence electrons. The van der Waals surface area contributed by atoms with E-state index in [0.717, 1.165) is 18.5 Å². The van der Waals surface area contributed by atoms with E-state index in [-0.39, 0.29) is 0 Å². The lowest BCUT2D eigenvalue weighted by atomic mass is 10.1. The van der Waals surface area contributed by atoms with Crippen LogP contribution in [0.5, 0.6) is 0 Å². The molecule has 2 aliphatic heterocycles. The summed E-state index contributed by atoms with van der Waals surface area (Å²) in [5.41, 5.74) is 0. The maximum Gasteiger partial charge on any atom is 0.0344 e. The fourth-order valence-electron chi connectivity index (χ4n) is 2.43. The van der Waals surface area contributed by atoms with Crippen LogP contribution in [0.3, 0.4) is 0 Å². The fraction of sp³-hybridized carbons (Fsp3) is 1.00. The highest BCUT2D eigenvalue weighted by atomic mass is 15.3. The molecule has 2 unspecified atom stereocenters. The molecule has 2 rings (SSSR count). The van der Waals surface area contributed by atoms with E-state index in [4.69, 9.17) is 0 Å². The summed E-state index contributed by atoms with van der Waals surface area (Å²) in [6.07, 6.45) is 0. The van der Waals surface area contributed by atoms with Gasteiger partial charge < -0.3 is 15.1 Å². The van der Waals surface area contributed by atoms with Crippen molar-refractivity contribution in [2.75, 3.05) is 46.8 Å². The first kappa shape index (κ1) is 8.48. The summed E-state index contributed by atoms with van der Waals surface area (Å²) in [7, 11) is 4.49. The summed E-state index contributed by atoms with van der Waals surface area (Å²) in [6, 6.07) is 0.725. The van der Waals surface area contributed by atoms with Gasteiger partial charge in [-0.3, -0.25) is 0 Å². The number of hydrogen-bond donors (Lipinski definition) is 1. The zero-order chi connectivity index (χ0) is 8.55. The SMILES string of the molecule is CN1CC2CNCC(C1)N(C)C2. The van der Waals surface area contributed by atoms with Crippen LogP contribution in [0, 0.1) is 5.92 Å². The van der Waals surface area contributed by atoms with Gasteiger partial charge in [0.25, 0.3) is 0 Å². The van der Waals surface area contributed by atoms with Crippen molar-refractivity contribution in [1.29, 1.82) is 0 Å². The summed E-state index contributed by atoms with van der Waals surface area (Å²) in [5.74, 6) is 0.826. The Hall–Kier alpha value is -0.120. The molecule has 2 heterocycles. The maximum atomic E-state index is 3.53. The zero-order valence-electron chi connectivity index (χ0n) is 8.08. The molecule has 0 radical (unpaired) electrons. The van der Waals surface area contributed by atoms with Gasteiger partial charge in [-0.05, 0) is 20.0 Å². The Balaban J connectivity index is 2.11. The van der Waals surface area contributed by atoms with Crippen molar-refractivity contribution in [2.24, 2.45) is 5.92 Å². The Morgan fingerprint density at radius 3 is 2.75 bits per heavy atom. The molecule has 0 aromatic rings. The standard InChI is InChI=1S/C9H19N3/c1-11-5-8-3-10-4-9(7-11)12(2)6-8/h8-10H,3-7H2,1-2H3. The minimum absolute atomic E-state index is 0.725. The first-order valence-electron chi connectivity index (χ1n) is 4.85. The molecule has 0 aromatic carbocycles. The molecule has 2 saturated heterocycles. The third kappa shape index (κ3) is 1.63. The molecule has 0 spiro atoms. The first-order valence-corrected chi connectivity index (χ1v) is 4.85. The van der Waals surface area contributed by atoms with Crippen LogP contribution < -0.4 is 5.32 Å². The van der Waals surface area contributed by atoms with Crippen LogP contribution in [0.4, 0.5) is 0 Å². The van der Waals surface area contributed by atoms with Crippen LogP contribution in [0.25, 0.3) is 0 Å². The predicted molar refractivity (Wildman–Crippen MR) is 50.3 cm³/mol. The summed E-state index contributed by atoms with van der Waals surface area (Å²) < 4.78 is 0. The largest absolute Gasteiger partial charge is 0.315 e. The van der Waals surface area contributed by atoms with Crippen LogP contribution in [0.1, 0.15) is 0 Å². The molecule has 1 N–H and O–H groups in total. The molecule has 0 saturated carbocycles. The van der Waals surface area contributed by atoms with Crippen LogP contribution in [0.15, 0.2) is 0 Å². The lowest BCUT2D eigenvalue weighted by Crippen LogP contribution is -2.44. The first-order chi connectivity index (χ1) is 5.75. The van der Waals surface area contributed by atoms with Gasteiger partial charge in [0.05, 0.1) is 0 Å². The monoisotopic (exact) mass is 169 g/mol. The summed E-state index contributed by atoms with van der Waals surface area (Å²) in [5, 5.41) is 3.53. The van der Waals surface area contributed by atoms with E-state index < -0.39 is 0 Å². The van der Waals surface area contributed by atoms with E-state index in [1.807, 2.05) is 0 Å². The second-order valence-corrected chi connectivity index (χ2v) is 4.34. The van der Waals surface area contributed by atoms with Crippen molar-refractivity contribution in [3.63, 3.8) is 0 Å². The van der Waals surface area contributed by atoms with Crippen LogP contribution in [-0.2, 0) is 0 Å². The number of hydrogen-bond acceptors (Lipinski definition) is 3. The van der Waals surface area contributed by atoms with Gasteiger partial charge in [-0.15, -0.1) is 0 Å². The van der Waals surface area contributed by atoms with E-state index in [1.165, 1.54) is 26.2 Å². The second-order valence-electron chi connectivity index (χ2n) is 4.34. The fourth-order valence-corrected chi connectivity index (χ4v) is 2.43. The number of fused-ring (bicyclic) bond motifs is 3. The summed E-state index contributed by atoms with van der Waals surface area (Å²) in [4.78, 5) is 4.98. The Kier molecular flexibility index (Phi) is 2.35. The Morgan fingerprint density at radius 1 is 1.08 bits per heavy atom. The zero-order valence-corrected chi connectivity index (χ0v) is 8.08. The molecule has 3 nitrogen and oxygen atoms in total. The third-order valence-corrected chi connectivity index (χ3v) is 3.07. The average molecular weight is 169 g/mol. The van der Waals surface area contributed by atoms with Crippen molar-refractivity contribution in [3.05, 3.63) is 0 Å². The average Bonchev–Trinajstić information content (AvgIpc) is 2.18. The lowest BCUT2D eigenvalue weighted by molar-refractivity contribution is 0.225. The number of likely N-dealkylation sites (N-methyl/N-ethyl adjacent to an activating group) is 2. The van der Waals surface area contributed by atoms with Crippen molar-refractivity contribution in [2.45, 2.75) is 6.04 Å². The van der Waals surface area contributed by atoms with Gasteiger partial charge in [-0.2, -0.15) is 0 Å². The third-order valence-electron chi connectivity index (χ3n) is 3.07. The smallest absolute Gasteiger partial charge is 0.0344 e. The van der Waals surface area contributed by atoms with Crippen LogP contribution in [0.2, 0.25) is 0 Å². The van der Waals surface area contributed by atoms with Crippen molar-refractivity contribution >= 4 is 0 Å². The minimum Gasteiger partial charge on any atom is -0.315 e. The highest BCUT2D eigenvalue weighted by Gasteiger charge is 2.28. The summed E-state index contributed by atoms with van der Waals surface area (Å²) in [6.45, 7) is 6.11. The Bertz CT molecular complexity index is 160. The highest BCUT2D eigenvalue weighted by Crippen LogP contribution is 2.13. The number of rotatable bonds is 0. The highest BCUT2D eigenvalue weighted by molar-refractivity contribution is 4.86. The van der Waals surface area contributed by atoms with Crippen LogP contribution >= 0.6 is 0 Å². The molecule has 2 bridgehead atoms. The van der Waals surface area contributed by atoms with Gasteiger partial charge >= 0.3 is 0 Å². The van der Waals surface area contributed by atoms with Gasteiger partial charge in [0.2, 0.25) is 0 Å². The lowest BCUT2D eigenvalue weighted by Gasteiger charge is -2.27. The van der Waals surface area contributed by atoms with Crippen LogP contribution in [-0.4, -0.2) is 62.7 Å².